The molecule has 1 aromatic heterocycles. The van der Waals surface area contributed by atoms with Gasteiger partial charge in [-0.2, -0.15) is 5.10 Å². The number of nitrogens with zero attached hydrogens (tertiary/aromatic N) is 2. The lowest BCUT2D eigenvalue weighted by atomic mass is 10.2. The fourth-order valence-electron chi connectivity index (χ4n) is 1.44. The number of non-ortho nitro benzene ring substituents is 1. The zero-order valence-electron chi connectivity index (χ0n) is 9.59. The van der Waals surface area contributed by atoms with Crippen molar-refractivity contribution in [2.45, 2.75) is 6.54 Å². The highest BCUT2D eigenvalue weighted by Gasteiger charge is 2.06. The van der Waals surface area contributed by atoms with Gasteiger partial charge in [0.2, 0.25) is 0 Å². The molecule has 0 radical (unpaired) electrons. The van der Waals surface area contributed by atoms with Gasteiger partial charge in [-0.3, -0.25) is 14.9 Å². The molecule has 98 valence electrons. The minimum absolute atomic E-state index is 0.0442. The van der Waals surface area contributed by atoms with E-state index in [1.54, 1.807) is 12.1 Å². The van der Waals surface area contributed by atoms with Crippen LogP contribution < -0.4 is 10.9 Å². The van der Waals surface area contributed by atoms with Crippen molar-refractivity contribution in [2.75, 3.05) is 5.32 Å². The van der Waals surface area contributed by atoms with Crippen LogP contribution in [-0.2, 0) is 6.54 Å². The first-order valence-electron chi connectivity index (χ1n) is 5.28. The van der Waals surface area contributed by atoms with E-state index >= 15 is 0 Å². The molecular formula is C11H9BrN4O3. The predicted octanol–water partition coefficient (Wildman–Crippen LogP) is 2.05. The Morgan fingerprint density at radius 2 is 2.05 bits per heavy atom. The number of hydrogen-bond acceptors (Lipinski definition) is 5. The number of rotatable bonds is 4. The summed E-state index contributed by atoms with van der Waals surface area (Å²) in [7, 11) is 0. The molecule has 0 saturated carbocycles. The van der Waals surface area contributed by atoms with Crippen molar-refractivity contribution in [3.63, 3.8) is 0 Å². The Labute approximate surface area is 115 Å². The van der Waals surface area contributed by atoms with E-state index in [9.17, 15) is 14.9 Å². The first kappa shape index (κ1) is 13.2. The average Bonchev–Trinajstić information content (AvgIpc) is 2.41. The van der Waals surface area contributed by atoms with E-state index in [4.69, 9.17) is 0 Å². The molecule has 2 aromatic rings. The molecular weight excluding hydrogens is 316 g/mol. The molecule has 1 heterocycles. The van der Waals surface area contributed by atoms with Crippen LogP contribution in [-0.4, -0.2) is 15.1 Å². The van der Waals surface area contributed by atoms with Crippen LogP contribution >= 0.6 is 15.9 Å². The van der Waals surface area contributed by atoms with Crippen LogP contribution in [0.1, 0.15) is 5.56 Å². The lowest BCUT2D eigenvalue weighted by Gasteiger charge is -2.06. The maximum absolute atomic E-state index is 11.3. The minimum Gasteiger partial charge on any atom is -0.379 e. The van der Waals surface area contributed by atoms with Crippen LogP contribution in [0.15, 0.2) is 39.7 Å². The van der Waals surface area contributed by atoms with E-state index < -0.39 is 4.92 Å². The van der Waals surface area contributed by atoms with Crippen LogP contribution in [0.5, 0.6) is 0 Å². The summed E-state index contributed by atoms with van der Waals surface area (Å²) in [6, 6.07) is 6.17. The number of nitrogens with one attached hydrogen (secondary N) is 2. The highest BCUT2D eigenvalue weighted by atomic mass is 79.9. The van der Waals surface area contributed by atoms with E-state index in [-0.39, 0.29) is 11.2 Å². The topological polar surface area (TPSA) is 101 Å². The molecule has 0 aliphatic carbocycles. The summed E-state index contributed by atoms with van der Waals surface area (Å²) < 4.78 is 0.365. The maximum atomic E-state index is 11.3. The van der Waals surface area contributed by atoms with Crippen molar-refractivity contribution in [1.29, 1.82) is 0 Å². The third-order valence-corrected chi connectivity index (χ3v) is 3.21. The second kappa shape index (κ2) is 5.61. The normalized spacial score (nSPS) is 10.2. The average molecular weight is 325 g/mol. The molecule has 0 amide bonds. The number of nitro benzene ring substituents is 1. The minimum atomic E-state index is -0.450. The Morgan fingerprint density at radius 1 is 1.37 bits per heavy atom. The highest BCUT2D eigenvalue weighted by Crippen LogP contribution is 2.17. The molecule has 8 heteroatoms. The summed E-state index contributed by atoms with van der Waals surface area (Å²) in [5.74, 6) is 0. The van der Waals surface area contributed by atoms with Gasteiger partial charge in [-0.05, 0) is 21.5 Å². The van der Waals surface area contributed by atoms with Crippen molar-refractivity contribution in [3.8, 4) is 0 Å². The van der Waals surface area contributed by atoms with Gasteiger partial charge in [0, 0.05) is 18.7 Å². The van der Waals surface area contributed by atoms with E-state index in [1.165, 1.54) is 18.3 Å². The van der Waals surface area contributed by atoms with Crippen molar-refractivity contribution in [3.05, 3.63) is 61.0 Å². The van der Waals surface area contributed by atoms with Gasteiger partial charge < -0.3 is 5.32 Å². The van der Waals surface area contributed by atoms with Crippen molar-refractivity contribution in [1.82, 2.24) is 10.2 Å². The number of nitro groups is 1. The van der Waals surface area contributed by atoms with Crippen LogP contribution in [0.2, 0.25) is 0 Å². The lowest BCUT2D eigenvalue weighted by Crippen LogP contribution is -2.12. The third-order valence-electron chi connectivity index (χ3n) is 2.43. The summed E-state index contributed by atoms with van der Waals surface area (Å²) in [5, 5.41) is 19.5. The Hall–Kier alpha value is -2.22. The monoisotopic (exact) mass is 324 g/mol. The summed E-state index contributed by atoms with van der Waals surface area (Å²) >= 11 is 3.15. The van der Waals surface area contributed by atoms with Gasteiger partial charge in [-0.25, -0.2) is 5.10 Å². The molecule has 0 unspecified atom stereocenters. The highest BCUT2D eigenvalue weighted by molar-refractivity contribution is 9.10. The molecule has 2 rings (SSSR count). The summed E-state index contributed by atoms with van der Waals surface area (Å²) in [6.45, 7) is 0.432. The van der Waals surface area contributed by atoms with Gasteiger partial charge in [0.15, 0.2) is 0 Å². The largest absolute Gasteiger partial charge is 0.379 e. The molecule has 0 atom stereocenters. The number of aromatic amines is 1. The van der Waals surface area contributed by atoms with Gasteiger partial charge in [-0.15, -0.1) is 0 Å². The number of aromatic nitrogens is 2. The zero-order valence-corrected chi connectivity index (χ0v) is 11.2. The molecule has 0 saturated heterocycles. The Bertz CT molecular complexity index is 654. The van der Waals surface area contributed by atoms with Gasteiger partial charge in [0.1, 0.15) is 4.47 Å². The molecule has 0 aliphatic heterocycles. The van der Waals surface area contributed by atoms with E-state index in [0.717, 1.165) is 5.56 Å². The molecule has 0 bridgehead atoms. The van der Waals surface area contributed by atoms with Gasteiger partial charge in [-0.1, -0.05) is 12.1 Å². The van der Waals surface area contributed by atoms with Crippen molar-refractivity contribution >= 4 is 27.3 Å². The molecule has 0 spiro atoms. The summed E-state index contributed by atoms with van der Waals surface area (Å²) in [4.78, 5) is 21.4. The van der Waals surface area contributed by atoms with E-state index in [2.05, 4.69) is 31.4 Å². The van der Waals surface area contributed by atoms with Crippen molar-refractivity contribution < 1.29 is 4.92 Å². The second-order valence-corrected chi connectivity index (χ2v) is 4.50. The van der Waals surface area contributed by atoms with Crippen LogP contribution in [0.25, 0.3) is 0 Å². The number of hydrogen-bond donors (Lipinski definition) is 2. The molecule has 7 nitrogen and oxygen atoms in total. The molecule has 1 aromatic carbocycles. The number of benzene rings is 1. The second-order valence-electron chi connectivity index (χ2n) is 3.70. The van der Waals surface area contributed by atoms with Crippen LogP contribution in [0.4, 0.5) is 11.4 Å². The Kier molecular flexibility index (Phi) is 3.91. The van der Waals surface area contributed by atoms with Gasteiger partial charge in [0.25, 0.3) is 11.2 Å². The van der Waals surface area contributed by atoms with Crippen LogP contribution in [0.3, 0.4) is 0 Å². The maximum Gasteiger partial charge on any atom is 0.280 e. The molecule has 2 N–H and O–H groups in total. The van der Waals surface area contributed by atoms with E-state index in [1.807, 2.05) is 0 Å². The number of halogens is 1. The SMILES string of the molecule is O=c1[nH]ncc(NCc2ccc([N+](=O)[O-])cc2)c1Br. The molecule has 0 aliphatic rings. The smallest absolute Gasteiger partial charge is 0.280 e. The fraction of sp³-hybridized carbons (Fsp3) is 0.0909. The summed E-state index contributed by atoms with van der Waals surface area (Å²) in [5.41, 5.74) is 1.14. The predicted molar refractivity (Wildman–Crippen MR) is 73.0 cm³/mol. The quantitative estimate of drug-likeness (QED) is 0.662. The standard InChI is InChI=1S/C11H9BrN4O3/c12-10-9(6-14-15-11(10)17)13-5-7-1-3-8(4-2-7)16(18)19/h1-4,6H,5H2,(H2,13,15,17). The number of H-pyrrole nitrogens is 1. The van der Waals surface area contributed by atoms with Gasteiger partial charge >= 0.3 is 0 Å². The third kappa shape index (κ3) is 3.16. The first-order chi connectivity index (χ1) is 9.08. The number of anilines is 1. The lowest BCUT2D eigenvalue weighted by molar-refractivity contribution is -0.384. The molecule has 19 heavy (non-hydrogen) atoms. The summed E-state index contributed by atoms with van der Waals surface area (Å²) in [6.07, 6.45) is 1.48. The molecule has 0 fully saturated rings. The van der Waals surface area contributed by atoms with Crippen LogP contribution in [0, 0.1) is 10.1 Å². The Morgan fingerprint density at radius 3 is 2.68 bits per heavy atom. The first-order valence-corrected chi connectivity index (χ1v) is 6.07. The Balaban J connectivity index is 2.08. The van der Waals surface area contributed by atoms with Crippen molar-refractivity contribution in [2.24, 2.45) is 0 Å². The van der Waals surface area contributed by atoms with E-state index in [0.29, 0.717) is 16.7 Å². The van der Waals surface area contributed by atoms with Gasteiger partial charge in [0.05, 0.1) is 16.8 Å². The fourth-order valence-corrected chi connectivity index (χ4v) is 1.77. The zero-order chi connectivity index (χ0) is 13.8.